The smallest absolute Gasteiger partial charge is 0.375 e. The predicted molar refractivity (Wildman–Crippen MR) is 61.2 cm³/mol. The Bertz CT molecular complexity index is 185. The normalized spacial score (nSPS) is 22.1. The van der Waals surface area contributed by atoms with Crippen molar-refractivity contribution in [2.45, 2.75) is 31.6 Å². The number of ether oxygens (including phenoxy) is 2. The van der Waals surface area contributed by atoms with E-state index < -0.39 is 8.80 Å². The molecule has 0 aromatic rings. The van der Waals surface area contributed by atoms with Gasteiger partial charge in [0.1, 0.15) is 11.8 Å². The van der Waals surface area contributed by atoms with Gasteiger partial charge in [0.15, 0.2) is 0 Å². The molecule has 0 aliphatic carbocycles. The maximum atomic E-state index is 5.81. The van der Waals surface area contributed by atoms with Crippen LogP contribution in [0.2, 0.25) is 0 Å². The predicted octanol–water partition coefficient (Wildman–Crippen LogP) is 0.988. The van der Waals surface area contributed by atoms with Gasteiger partial charge in [0.2, 0.25) is 0 Å². The average Bonchev–Trinajstić information content (AvgIpc) is 3.12. The number of hydrogen-bond donors (Lipinski definition) is 0. The molecule has 5 nitrogen and oxygen atoms in total. The van der Waals surface area contributed by atoms with E-state index in [1.807, 2.05) is 0 Å². The summed E-state index contributed by atoms with van der Waals surface area (Å²) in [5.41, 5.74) is -0.110. The van der Waals surface area contributed by atoms with Crippen LogP contribution in [0, 0.1) is 0 Å². The highest BCUT2D eigenvalue weighted by molar-refractivity contribution is 6.62. The van der Waals surface area contributed by atoms with Crippen molar-refractivity contribution in [3.05, 3.63) is 0 Å². The van der Waals surface area contributed by atoms with Crippen LogP contribution in [0.1, 0.15) is 19.8 Å². The Morgan fingerprint density at radius 3 is 2.19 bits per heavy atom. The zero-order valence-corrected chi connectivity index (χ0v) is 11.5. The van der Waals surface area contributed by atoms with Gasteiger partial charge in [-0.2, -0.15) is 0 Å². The highest BCUT2D eigenvalue weighted by atomic mass is 28.4. The van der Waals surface area contributed by atoms with Crippen LogP contribution in [0.5, 0.6) is 0 Å². The molecule has 2 atom stereocenters. The van der Waals surface area contributed by atoms with Gasteiger partial charge >= 0.3 is 8.80 Å². The fourth-order valence-corrected chi connectivity index (χ4v) is 3.89. The van der Waals surface area contributed by atoms with E-state index in [9.17, 15) is 0 Å². The number of hydrogen-bond acceptors (Lipinski definition) is 5. The summed E-state index contributed by atoms with van der Waals surface area (Å²) in [7, 11) is 2.15. The molecule has 16 heavy (non-hydrogen) atoms. The molecule has 6 heteroatoms. The van der Waals surface area contributed by atoms with Crippen LogP contribution >= 0.6 is 0 Å². The first-order chi connectivity index (χ1) is 7.72. The molecule has 1 unspecified atom stereocenters. The number of rotatable bonds is 9. The maximum absolute atomic E-state index is 5.81. The van der Waals surface area contributed by atoms with E-state index in [1.54, 1.807) is 21.3 Å². The van der Waals surface area contributed by atoms with Crippen LogP contribution < -0.4 is 0 Å². The van der Waals surface area contributed by atoms with Crippen molar-refractivity contribution >= 4 is 8.80 Å². The second-order valence-electron chi connectivity index (χ2n) is 3.78. The van der Waals surface area contributed by atoms with Gasteiger partial charge in [-0.25, -0.2) is 0 Å². The van der Waals surface area contributed by atoms with Gasteiger partial charge in [0.25, 0.3) is 0 Å². The largest absolute Gasteiger partial charge is 0.530 e. The Morgan fingerprint density at radius 1 is 1.25 bits per heavy atom. The minimum Gasteiger partial charge on any atom is -0.375 e. The van der Waals surface area contributed by atoms with Gasteiger partial charge in [-0.3, -0.25) is 0 Å². The van der Waals surface area contributed by atoms with E-state index in [0.29, 0.717) is 6.61 Å². The monoisotopic (exact) mass is 250 g/mol. The van der Waals surface area contributed by atoms with Gasteiger partial charge in [0.05, 0.1) is 13.2 Å². The molecule has 1 saturated heterocycles. The lowest BCUT2D eigenvalue weighted by atomic mass is 10.3. The van der Waals surface area contributed by atoms with E-state index in [1.165, 1.54) is 0 Å². The lowest BCUT2D eigenvalue weighted by Gasteiger charge is -2.32. The van der Waals surface area contributed by atoms with Gasteiger partial charge in [-0.05, 0) is 6.42 Å². The van der Waals surface area contributed by atoms with Gasteiger partial charge in [-0.1, -0.05) is 13.3 Å². The molecule has 1 heterocycles. The van der Waals surface area contributed by atoms with E-state index in [2.05, 4.69) is 6.92 Å². The second kappa shape index (κ2) is 6.68. The van der Waals surface area contributed by atoms with Crippen molar-refractivity contribution in [2.75, 3.05) is 34.5 Å². The molecule has 1 aliphatic rings. The van der Waals surface area contributed by atoms with Gasteiger partial charge < -0.3 is 22.8 Å². The fourth-order valence-electron chi connectivity index (χ4n) is 1.66. The first kappa shape index (κ1) is 14.1. The van der Waals surface area contributed by atoms with Crippen molar-refractivity contribution in [1.82, 2.24) is 0 Å². The van der Waals surface area contributed by atoms with Crippen molar-refractivity contribution in [3.8, 4) is 0 Å². The summed E-state index contributed by atoms with van der Waals surface area (Å²) in [4.78, 5) is 0. The molecule has 1 fully saturated rings. The van der Waals surface area contributed by atoms with Crippen LogP contribution in [-0.2, 0) is 22.8 Å². The van der Waals surface area contributed by atoms with Gasteiger partial charge in [-0.15, -0.1) is 0 Å². The lowest BCUT2D eigenvalue weighted by Crippen LogP contribution is -2.55. The molecule has 0 bridgehead atoms. The Morgan fingerprint density at radius 2 is 1.81 bits per heavy atom. The molecule has 0 amide bonds. The number of epoxide rings is 1. The Hall–Kier alpha value is 0.0169. The SMILES string of the molecule is CCC[C@H](OCC1CO1)[Si](OC)(OC)OC. The first-order valence-corrected chi connectivity index (χ1v) is 7.41. The molecular weight excluding hydrogens is 228 g/mol. The van der Waals surface area contributed by atoms with E-state index >= 15 is 0 Å². The Labute approximate surface area is 98.3 Å². The average molecular weight is 250 g/mol. The second-order valence-corrected chi connectivity index (χ2v) is 6.86. The Balaban J connectivity index is 2.54. The molecule has 0 radical (unpaired) electrons. The third-order valence-electron chi connectivity index (χ3n) is 2.68. The third-order valence-corrected chi connectivity index (χ3v) is 5.64. The van der Waals surface area contributed by atoms with Crippen LogP contribution in [-0.4, -0.2) is 55.2 Å². The lowest BCUT2D eigenvalue weighted by molar-refractivity contribution is 0.00419. The summed E-state index contributed by atoms with van der Waals surface area (Å²) in [6.45, 7) is 3.49. The van der Waals surface area contributed by atoms with Crippen molar-refractivity contribution in [3.63, 3.8) is 0 Å². The zero-order valence-electron chi connectivity index (χ0n) is 10.5. The third kappa shape index (κ3) is 3.51. The van der Waals surface area contributed by atoms with Crippen LogP contribution in [0.25, 0.3) is 0 Å². The maximum Gasteiger partial charge on any atom is 0.530 e. The molecule has 96 valence electrons. The molecule has 1 aliphatic heterocycles. The van der Waals surface area contributed by atoms with Crippen molar-refractivity contribution < 1.29 is 22.8 Å². The summed E-state index contributed by atoms with van der Waals surface area (Å²) >= 11 is 0. The van der Waals surface area contributed by atoms with E-state index in [4.69, 9.17) is 22.8 Å². The highest BCUT2D eigenvalue weighted by Crippen LogP contribution is 2.21. The highest BCUT2D eigenvalue weighted by Gasteiger charge is 2.48. The molecule has 0 saturated carbocycles. The summed E-state index contributed by atoms with van der Waals surface area (Å²) in [6, 6.07) is 0. The molecule has 1 rings (SSSR count). The summed E-state index contributed by atoms with van der Waals surface area (Å²) in [5.74, 6) is 0. The fraction of sp³-hybridized carbons (Fsp3) is 1.00. The summed E-state index contributed by atoms with van der Waals surface area (Å²) < 4.78 is 27.2. The molecule has 0 N–H and O–H groups in total. The van der Waals surface area contributed by atoms with Crippen LogP contribution in [0.15, 0.2) is 0 Å². The summed E-state index contributed by atoms with van der Waals surface area (Å²) in [5, 5.41) is 0. The van der Waals surface area contributed by atoms with Crippen molar-refractivity contribution in [2.24, 2.45) is 0 Å². The molecular formula is C10H22O5Si. The zero-order chi connectivity index (χ0) is 12.0. The van der Waals surface area contributed by atoms with E-state index in [-0.39, 0.29) is 11.8 Å². The quantitative estimate of drug-likeness (QED) is 0.451. The van der Waals surface area contributed by atoms with E-state index in [0.717, 1.165) is 19.4 Å². The first-order valence-electron chi connectivity index (χ1n) is 5.61. The van der Waals surface area contributed by atoms with Crippen LogP contribution in [0.4, 0.5) is 0 Å². The summed E-state index contributed by atoms with van der Waals surface area (Å²) in [6.07, 6.45) is 2.12. The molecule has 0 aromatic heterocycles. The topological polar surface area (TPSA) is 49.5 Å². The molecule has 0 spiro atoms. The minimum atomic E-state index is -2.68. The minimum absolute atomic E-state index is 0.110. The van der Waals surface area contributed by atoms with Crippen LogP contribution in [0.3, 0.4) is 0 Å². The Kier molecular flexibility index (Phi) is 5.88. The van der Waals surface area contributed by atoms with Crippen molar-refractivity contribution in [1.29, 1.82) is 0 Å². The molecule has 0 aromatic carbocycles. The standard InChI is InChI=1S/C10H22O5Si/c1-5-6-10(15-8-9-7-14-9)16(11-2,12-3)13-4/h9-10H,5-8H2,1-4H3/t9?,10-/m1/s1. The van der Waals surface area contributed by atoms with Gasteiger partial charge in [0, 0.05) is 21.3 Å².